The van der Waals surface area contributed by atoms with Crippen LogP contribution in [0.25, 0.3) is 0 Å². The molecule has 0 aromatic heterocycles. The molecule has 0 aliphatic heterocycles. The lowest BCUT2D eigenvalue weighted by Gasteiger charge is -2.12. The Labute approximate surface area is 173 Å². The first-order valence-electron chi connectivity index (χ1n) is 9.10. The van der Waals surface area contributed by atoms with Gasteiger partial charge in [-0.15, -0.1) is 0 Å². The molecule has 0 aliphatic carbocycles. The van der Waals surface area contributed by atoms with Gasteiger partial charge in [0.2, 0.25) is 0 Å². The minimum absolute atomic E-state index is 0.114. The monoisotopic (exact) mass is 424 g/mol. The summed E-state index contributed by atoms with van der Waals surface area (Å²) in [7, 11) is 0. The van der Waals surface area contributed by atoms with Gasteiger partial charge in [0.05, 0.1) is 21.6 Å². The van der Waals surface area contributed by atoms with Crippen LogP contribution in [0.3, 0.4) is 0 Å². The van der Waals surface area contributed by atoms with Crippen molar-refractivity contribution < 1.29 is 14.5 Å². The molecular formula is C20H22Cl2N2O4. The highest BCUT2D eigenvalue weighted by Gasteiger charge is 2.15. The molecule has 0 aliphatic rings. The Bertz CT molecular complexity index is 820. The summed E-state index contributed by atoms with van der Waals surface area (Å²) >= 11 is 12.5. The van der Waals surface area contributed by atoms with Crippen LogP contribution in [0.2, 0.25) is 10.0 Å². The van der Waals surface area contributed by atoms with E-state index in [0.29, 0.717) is 18.0 Å². The van der Waals surface area contributed by atoms with Crippen LogP contribution in [0, 0.1) is 10.1 Å². The van der Waals surface area contributed by atoms with Gasteiger partial charge in [0, 0.05) is 23.4 Å². The topological polar surface area (TPSA) is 81.5 Å². The Hall–Kier alpha value is -2.31. The number of amides is 1. The van der Waals surface area contributed by atoms with Gasteiger partial charge in [-0.25, -0.2) is 0 Å². The van der Waals surface area contributed by atoms with Gasteiger partial charge in [-0.05, 0) is 24.6 Å². The number of benzene rings is 2. The van der Waals surface area contributed by atoms with Crippen molar-refractivity contribution in [2.75, 3.05) is 11.9 Å². The summed E-state index contributed by atoms with van der Waals surface area (Å²) in [6, 6.07) is 8.60. The Balaban J connectivity index is 2.01. The Morgan fingerprint density at radius 2 is 1.79 bits per heavy atom. The molecule has 0 heterocycles. The predicted octanol–water partition coefficient (Wildman–Crippen LogP) is 6.50. The number of nitro benzene ring substituents is 1. The van der Waals surface area contributed by atoms with Gasteiger partial charge in [-0.2, -0.15) is 0 Å². The van der Waals surface area contributed by atoms with E-state index < -0.39 is 10.8 Å². The molecule has 0 radical (unpaired) electrons. The molecule has 6 nitrogen and oxygen atoms in total. The van der Waals surface area contributed by atoms with Crippen LogP contribution in [0.4, 0.5) is 11.4 Å². The molecule has 0 fully saturated rings. The third-order valence-corrected chi connectivity index (χ3v) is 4.63. The molecule has 0 bridgehead atoms. The van der Waals surface area contributed by atoms with Gasteiger partial charge in [0.25, 0.3) is 11.6 Å². The molecule has 0 unspecified atom stereocenters. The number of nitrogens with one attached hydrogen (secondary N) is 1. The Morgan fingerprint density at radius 3 is 2.43 bits per heavy atom. The van der Waals surface area contributed by atoms with E-state index in [0.717, 1.165) is 19.3 Å². The summed E-state index contributed by atoms with van der Waals surface area (Å²) in [6.07, 6.45) is 5.53. The van der Waals surface area contributed by atoms with E-state index in [1.54, 1.807) is 6.07 Å². The number of rotatable bonds is 10. The van der Waals surface area contributed by atoms with Crippen LogP contribution >= 0.6 is 23.2 Å². The Morgan fingerprint density at radius 1 is 1.11 bits per heavy atom. The second-order valence-electron chi connectivity index (χ2n) is 6.29. The fourth-order valence-electron chi connectivity index (χ4n) is 2.61. The van der Waals surface area contributed by atoms with E-state index in [1.165, 1.54) is 43.2 Å². The summed E-state index contributed by atoms with van der Waals surface area (Å²) in [4.78, 5) is 22.7. The molecule has 150 valence electrons. The number of hydrogen-bond acceptors (Lipinski definition) is 4. The smallest absolute Gasteiger partial charge is 0.271 e. The summed E-state index contributed by atoms with van der Waals surface area (Å²) in [5.74, 6) is -0.124. The number of anilines is 1. The number of unbranched alkanes of at least 4 members (excludes halogenated alkanes) is 4. The van der Waals surface area contributed by atoms with E-state index in [9.17, 15) is 14.9 Å². The molecule has 8 heteroatoms. The maximum Gasteiger partial charge on any atom is 0.271 e. The molecular weight excluding hydrogens is 403 g/mol. The van der Waals surface area contributed by atoms with Crippen molar-refractivity contribution in [3.8, 4) is 5.75 Å². The largest absolute Gasteiger partial charge is 0.490 e. The van der Waals surface area contributed by atoms with Gasteiger partial charge in [-0.3, -0.25) is 14.9 Å². The van der Waals surface area contributed by atoms with Crippen molar-refractivity contribution in [2.24, 2.45) is 0 Å². The van der Waals surface area contributed by atoms with Crippen molar-refractivity contribution in [1.82, 2.24) is 0 Å². The lowest BCUT2D eigenvalue weighted by atomic mass is 10.1. The third-order valence-electron chi connectivity index (χ3n) is 4.07. The highest BCUT2D eigenvalue weighted by atomic mass is 35.5. The number of carbonyl (C=O) groups excluding carboxylic acids is 1. The molecule has 0 saturated heterocycles. The van der Waals surface area contributed by atoms with Crippen molar-refractivity contribution in [3.05, 3.63) is 62.1 Å². The van der Waals surface area contributed by atoms with E-state index in [-0.39, 0.29) is 21.3 Å². The number of hydrogen-bond donors (Lipinski definition) is 1. The molecule has 2 aromatic carbocycles. The SMILES string of the molecule is CCCCCCCOc1c(Cl)cc(C(=O)Nc2cccc([N+](=O)[O-])c2)cc1Cl. The third kappa shape index (κ3) is 6.39. The summed E-state index contributed by atoms with van der Waals surface area (Å²) in [6.45, 7) is 2.66. The van der Waals surface area contributed by atoms with Gasteiger partial charge >= 0.3 is 0 Å². The highest BCUT2D eigenvalue weighted by Crippen LogP contribution is 2.34. The molecule has 0 saturated carbocycles. The van der Waals surface area contributed by atoms with Gasteiger partial charge in [0.15, 0.2) is 5.75 Å². The second-order valence-corrected chi connectivity index (χ2v) is 7.11. The lowest BCUT2D eigenvalue weighted by Crippen LogP contribution is -2.12. The quantitative estimate of drug-likeness (QED) is 0.268. The van der Waals surface area contributed by atoms with Crippen molar-refractivity contribution >= 4 is 40.5 Å². The first-order chi connectivity index (χ1) is 13.4. The zero-order valence-electron chi connectivity index (χ0n) is 15.5. The zero-order chi connectivity index (χ0) is 20.5. The van der Waals surface area contributed by atoms with Crippen molar-refractivity contribution in [3.63, 3.8) is 0 Å². The number of non-ortho nitro benzene ring substituents is 1. The van der Waals surface area contributed by atoms with E-state index in [4.69, 9.17) is 27.9 Å². The average molecular weight is 425 g/mol. The molecule has 2 rings (SSSR count). The number of ether oxygens (including phenoxy) is 1. The lowest BCUT2D eigenvalue weighted by molar-refractivity contribution is -0.384. The molecule has 0 spiro atoms. The van der Waals surface area contributed by atoms with Crippen LogP contribution in [0.15, 0.2) is 36.4 Å². The fourth-order valence-corrected chi connectivity index (χ4v) is 3.21. The molecule has 0 atom stereocenters. The van der Waals surface area contributed by atoms with Gasteiger partial charge in [-0.1, -0.05) is 61.9 Å². The maximum absolute atomic E-state index is 12.4. The van der Waals surface area contributed by atoms with Crippen molar-refractivity contribution in [1.29, 1.82) is 0 Å². The average Bonchev–Trinajstić information content (AvgIpc) is 2.66. The standard InChI is InChI=1S/C20H22Cl2N2O4/c1-2-3-4-5-6-10-28-19-17(21)11-14(12-18(19)22)20(25)23-15-8-7-9-16(13-15)24(26)27/h7-9,11-13H,2-6,10H2,1H3,(H,23,25). The van der Waals surface area contributed by atoms with Gasteiger partial charge in [0.1, 0.15) is 0 Å². The Kier molecular flexibility index (Phi) is 8.54. The minimum atomic E-state index is -0.530. The number of nitro groups is 1. The molecule has 28 heavy (non-hydrogen) atoms. The van der Waals surface area contributed by atoms with Crippen LogP contribution < -0.4 is 10.1 Å². The van der Waals surface area contributed by atoms with Crippen LogP contribution in [-0.2, 0) is 0 Å². The zero-order valence-corrected chi connectivity index (χ0v) is 17.1. The minimum Gasteiger partial charge on any atom is -0.490 e. The highest BCUT2D eigenvalue weighted by molar-refractivity contribution is 6.37. The fraction of sp³-hybridized carbons (Fsp3) is 0.350. The maximum atomic E-state index is 12.4. The normalized spacial score (nSPS) is 10.5. The molecule has 1 N–H and O–H groups in total. The first-order valence-corrected chi connectivity index (χ1v) is 9.85. The second kappa shape index (κ2) is 10.9. The summed E-state index contributed by atoms with van der Waals surface area (Å²) in [5.41, 5.74) is 0.423. The molecule has 2 aromatic rings. The van der Waals surface area contributed by atoms with Crippen LogP contribution in [0.1, 0.15) is 49.4 Å². The van der Waals surface area contributed by atoms with E-state index >= 15 is 0 Å². The van der Waals surface area contributed by atoms with Crippen molar-refractivity contribution in [2.45, 2.75) is 39.0 Å². The first kappa shape index (κ1) is 22.0. The predicted molar refractivity (Wildman–Crippen MR) is 112 cm³/mol. The number of carbonyl (C=O) groups is 1. The van der Waals surface area contributed by atoms with Crippen LogP contribution in [0.5, 0.6) is 5.75 Å². The number of halogens is 2. The van der Waals surface area contributed by atoms with E-state index in [2.05, 4.69) is 12.2 Å². The van der Waals surface area contributed by atoms with Gasteiger partial charge < -0.3 is 10.1 Å². The van der Waals surface area contributed by atoms with Crippen LogP contribution in [-0.4, -0.2) is 17.4 Å². The summed E-state index contributed by atoms with van der Waals surface area (Å²) < 4.78 is 5.67. The van der Waals surface area contributed by atoms with E-state index in [1.807, 2.05) is 0 Å². The number of nitrogens with zero attached hydrogens (tertiary/aromatic N) is 1. The molecule has 1 amide bonds. The summed E-state index contributed by atoms with van der Waals surface area (Å²) in [5, 5.41) is 13.9.